The van der Waals surface area contributed by atoms with Crippen LogP contribution in [0.15, 0.2) is 23.3 Å². The normalized spacial score (nSPS) is 18.6. The van der Waals surface area contributed by atoms with E-state index in [1.54, 1.807) is 27.9 Å². The predicted molar refractivity (Wildman–Crippen MR) is 88.3 cm³/mol. The molecule has 4 rings (SSSR count). The summed E-state index contributed by atoms with van der Waals surface area (Å²) >= 11 is 1.88. The summed E-state index contributed by atoms with van der Waals surface area (Å²) in [5.74, 6) is 2.55. The lowest BCUT2D eigenvalue weighted by Crippen LogP contribution is -2.50. The first-order valence-corrected chi connectivity index (χ1v) is 9.17. The minimum atomic E-state index is 0.0467. The van der Waals surface area contributed by atoms with Gasteiger partial charge in [0.2, 0.25) is 0 Å². The van der Waals surface area contributed by atoms with Gasteiger partial charge in [-0.1, -0.05) is 0 Å². The van der Waals surface area contributed by atoms with Crippen LogP contribution in [0.4, 0.5) is 0 Å². The number of thioether (sulfide) groups is 1. The van der Waals surface area contributed by atoms with E-state index in [4.69, 9.17) is 0 Å². The highest BCUT2D eigenvalue weighted by Gasteiger charge is 2.27. The van der Waals surface area contributed by atoms with Gasteiger partial charge < -0.3 is 4.90 Å². The molecule has 0 N–H and O–H groups in total. The zero-order chi connectivity index (χ0) is 15.6. The van der Waals surface area contributed by atoms with Crippen molar-refractivity contribution >= 4 is 11.8 Å². The second kappa shape index (κ2) is 6.45. The van der Waals surface area contributed by atoms with Crippen molar-refractivity contribution in [2.45, 2.75) is 25.3 Å². The van der Waals surface area contributed by atoms with E-state index in [1.807, 2.05) is 11.8 Å². The lowest BCUT2D eigenvalue weighted by atomic mass is 10.0. The summed E-state index contributed by atoms with van der Waals surface area (Å²) in [7, 11) is 0. The fourth-order valence-corrected chi connectivity index (χ4v) is 4.14. The molecule has 0 bridgehead atoms. The molecule has 0 aromatic carbocycles. The second-order valence-electron chi connectivity index (χ2n) is 6.19. The Kier molecular flexibility index (Phi) is 4.17. The fourth-order valence-electron chi connectivity index (χ4n) is 3.19. The average Bonchev–Trinajstić information content (AvgIpc) is 3.03. The molecule has 2 aliphatic rings. The van der Waals surface area contributed by atoms with Gasteiger partial charge >= 0.3 is 0 Å². The topological polar surface area (TPSA) is 68.8 Å². The molecule has 0 radical (unpaired) electrons. The Hall–Kier alpha value is -1.67. The molecule has 2 aromatic rings. The van der Waals surface area contributed by atoms with Crippen molar-refractivity contribution in [3.63, 3.8) is 0 Å². The third-order valence-corrected chi connectivity index (χ3v) is 5.46. The number of hydrogen-bond acceptors (Lipinski definition) is 6. The van der Waals surface area contributed by atoms with Gasteiger partial charge in [-0.2, -0.15) is 31.9 Å². The molecule has 0 atom stereocenters. The molecule has 4 heterocycles. The molecule has 0 saturated carbocycles. The first-order chi connectivity index (χ1) is 11.3. The molecule has 8 heteroatoms. The summed E-state index contributed by atoms with van der Waals surface area (Å²) in [5, 5.41) is 12.8. The van der Waals surface area contributed by atoms with Gasteiger partial charge in [0.05, 0.1) is 31.2 Å². The van der Waals surface area contributed by atoms with E-state index < -0.39 is 0 Å². The number of nitrogens with zero attached hydrogens (tertiary/aromatic N) is 6. The van der Waals surface area contributed by atoms with Gasteiger partial charge in [-0.05, 0) is 11.3 Å². The number of fused-ring (bicyclic) bond motifs is 1. The first kappa shape index (κ1) is 14.9. The van der Waals surface area contributed by atoms with E-state index in [9.17, 15) is 4.79 Å². The fraction of sp³-hybridized carbons (Fsp3) is 0.600. The molecule has 1 fully saturated rings. The van der Waals surface area contributed by atoms with Crippen molar-refractivity contribution in [2.75, 3.05) is 25.4 Å². The van der Waals surface area contributed by atoms with E-state index in [1.165, 1.54) is 0 Å². The van der Waals surface area contributed by atoms with Crippen molar-refractivity contribution in [3.05, 3.63) is 40.1 Å². The van der Waals surface area contributed by atoms with Gasteiger partial charge in [0.1, 0.15) is 0 Å². The average molecular weight is 332 g/mol. The number of likely N-dealkylation sites (tertiary alicyclic amines) is 1. The summed E-state index contributed by atoms with van der Waals surface area (Å²) in [6, 6.07) is 1.79. The Morgan fingerprint density at radius 3 is 2.87 bits per heavy atom. The Morgan fingerprint density at radius 1 is 1.22 bits per heavy atom. The maximum Gasteiger partial charge on any atom is 0.267 e. The van der Waals surface area contributed by atoms with Gasteiger partial charge in [-0.3, -0.25) is 4.79 Å². The van der Waals surface area contributed by atoms with E-state index in [-0.39, 0.29) is 5.56 Å². The summed E-state index contributed by atoms with van der Waals surface area (Å²) in [6.07, 6.45) is 4.38. The SMILES string of the molecule is O=c1cc2c(nn1CC1CN(CCn3nccn3)C1)CCSC2. The summed E-state index contributed by atoms with van der Waals surface area (Å²) in [4.78, 5) is 16.3. The van der Waals surface area contributed by atoms with Crippen molar-refractivity contribution in [3.8, 4) is 0 Å². The van der Waals surface area contributed by atoms with Gasteiger partial charge in [-0.15, -0.1) is 0 Å². The lowest BCUT2D eigenvalue weighted by Gasteiger charge is -2.39. The quantitative estimate of drug-likeness (QED) is 0.782. The maximum atomic E-state index is 12.2. The first-order valence-electron chi connectivity index (χ1n) is 8.02. The van der Waals surface area contributed by atoms with Crippen LogP contribution in [0.1, 0.15) is 11.3 Å². The van der Waals surface area contributed by atoms with Crippen LogP contribution >= 0.6 is 11.8 Å². The smallest absolute Gasteiger partial charge is 0.267 e. The van der Waals surface area contributed by atoms with Crippen LogP contribution in [-0.4, -0.2) is 55.1 Å². The Morgan fingerprint density at radius 2 is 2.04 bits per heavy atom. The van der Waals surface area contributed by atoms with Crippen molar-refractivity contribution < 1.29 is 0 Å². The van der Waals surface area contributed by atoms with Crippen LogP contribution in [0.25, 0.3) is 0 Å². The van der Waals surface area contributed by atoms with Crippen molar-refractivity contribution in [2.24, 2.45) is 5.92 Å². The van der Waals surface area contributed by atoms with E-state index >= 15 is 0 Å². The van der Waals surface area contributed by atoms with Crippen LogP contribution in [0, 0.1) is 5.92 Å². The zero-order valence-corrected chi connectivity index (χ0v) is 13.8. The summed E-state index contributed by atoms with van der Waals surface area (Å²) in [6.45, 7) is 4.53. The van der Waals surface area contributed by atoms with Crippen molar-refractivity contribution in [1.29, 1.82) is 0 Å². The molecule has 1 saturated heterocycles. The van der Waals surface area contributed by atoms with E-state index in [0.29, 0.717) is 5.92 Å². The number of aryl methyl sites for hydroxylation is 1. The molecule has 0 aliphatic carbocycles. The van der Waals surface area contributed by atoms with Crippen LogP contribution in [-0.2, 0) is 25.3 Å². The molecule has 122 valence electrons. The Balaban J connectivity index is 1.31. The Bertz CT molecular complexity index is 722. The molecular weight excluding hydrogens is 312 g/mol. The molecule has 0 unspecified atom stereocenters. The number of aromatic nitrogens is 5. The highest BCUT2D eigenvalue weighted by atomic mass is 32.2. The third kappa shape index (κ3) is 3.32. The molecule has 2 aromatic heterocycles. The minimum absolute atomic E-state index is 0.0467. The van der Waals surface area contributed by atoms with Gasteiger partial charge in [0.25, 0.3) is 5.56 Å². The van der Waals surface area contributed by atoms with E-state index in [2.05, 4.69) is 20.2 Å². The van der Waals surface area contributed by atoms with Crippen molar-refractivity contribution in [1.82, 2.24) is 29.7 Å². The molecule has 23 heavy (non-hydrogen) atoms. The number of hydrogen-bond donors (Lipinski definition) is 0. The van der Waals surface area contributed by atoms with Crippen LogP contribution in [0.3, 0.4) is 0 Å². The van der Waals surface area contributed by atoms with Crippen LogP contribution in [0.5, 0.6) is 0 Å². The largest absolute Gasteiger partial charge is 0.301 e. The van der Waals surface area contributed by atoms with E-state index in [0.717, 1.165) is 61.9 Å². The van der Waals surface area contributed by atoms with Crippen LogP contribution < -0.4 is 5.56 Å². The lowest BCUT2D eigenvalue weighted by molar-refractivity contribution is 0.0779. The predicted octanol–water partition coefficient (Wildman–Crippen LogP) is 0.256. The molecule has 2 aliphatic heterocycles. The molecule has 0 amide bonds. The third-order valence-electron chi connectivity index (χ3n) is 4.45. The standard InChI is InChI=1S/C15H20N6OS/c22-15-7-13-11-23-6-1-14(13)18-20(15)10-12-8-19(9-12)4-5-21-16-2-3-17-21/h2-3,7,12H,1,4-6,8-11H2. The van der Waals surface area contributed by atoms with Gasteiger partial charge in [-0.25, -0.2) is 4.68 Å². The highest BCUT2D eigenvalue weighted by molar-refractivity contribution is 7.98. The Labute approximate surface area is 138 Å². The van der Waals surface area contributed by atoms with Gasteiger partial charge in [0.15, 0.2) is 0 Å². The molecular formula is C15H20N6OS. The maximum absolute atomic E-state index is 12.2. The second-order valence-corrected chi connectivity index (χ2v) is 7.29. The molecule has 7 nitrogen and oxygen atoms in total. The summed E-state index contributed by atoms with van der Waals surface area (Å²) in [5.41, 5.74) is 2.29. The molecule has 0 spiro atoms. The zero-order valence-electron chi connectivity index (χ0n) is 13.0. The highest BCUT2D eigenvalue weighted by Crippen LogP contribution is 2.22. The number of rotatable bonds is 5. The minimum Gasteiger partial charge on any atom is -0.301 e. The summed E-state index contributed by atoms with van der Waals surface area (Å²) < 4.78 is 1.67. The van der Waals surface area contributed by atoms with Crippen LogP contribution in [0.2, 0.25) is 0 Å². The monoisotopic (exact) mass is 332 g/mol. The van der Waals surface area contributed by atoms with Gasteiger partial charge in [0, 0.05) is 43.8 Å².